The predicted molar refractivity (Wildman–Crippen MR) is 101 cm³/mol. The number of carbonyl (C=O) groups is 1. The van der Waals surface area contributed by atoms with E-state index in [0.717, 1.165) is 0 Å². The van der Waals surface area contributed by atoms with Gasteiger partial charge in [0.25, 0.3) is 0 Å². The van der Waals surface area contributed by atoms with Crippen LogP contribution in [0.3, 0.4) is 0 Å². The van der Waals surface area contributed by atoms with Crippen molar-refractivity contribution in [3.05, 3.63) is 45.3 Å². The smallest absolute Gasteiger partial charge is 0.333 e. The van der Waals surface area contributed by atoms with Crippen LogP contribution in [-0.2, 0) is 16.0 Å². The molecular formula is C21H24O6. The summed E-state index contributed by atoms with van der Waals surface area (Å²) in [4.78, 5) is 24.8. The molecule has 2 heterocycles. The second-order valence-corrected chi connectivity index (χ2v) is 7.26. The molecule has 0 fully saturated rings. The van der Waals surface area contributed by atoms with Gasteiger partial charge >= 0.3 is 5.97 Å². The van der Waals surface area contributed by atoms with Gasteiger partial charge in [0.1, 0.15) is 39.9 Å². The summed E-state index contributed by atoms with van der Waals surface area (Å²) in [6, 6.07) is 3.14. The molecule has 1 aromatic carbocycles. The maximum absolute atomic E-state index is 12.5. The molecule has 0 N–H and O–H groups in total. The van der Waals surface area contributed by atoms with E-state index in [-0.39, 0.29) is 5.43 Å². The molecule has 0 unspecified atom stereocenters. The monoisotopic (exact) mass is 372 g/mol. The predicted octanol–water partition coefficient (Wildman–Crippen LogP) is 3.70. The number of allylic oxidation sites excluding steroid dienone is 1. The number of fused-ring (bicyclic) bond motifs is 2. The Morgan fingerprint density at radius 3 is 2.67 bits per heavy atom. The Bertz CT molecular complexity index is 996. The highest BCUT2D eigenvalue weighted by Crippen LogP contribution is 2.43. The zero-order valence-electron chi connectivity index (χ0n) is 16.5. The van der Waals surface area contributed by atoms with Gasteiger partial charge < -0.3 is 18.6 Å². The molecule has 6 heteroatoms. The van der Waals surface area contributed by atoms with Crippen molar-refractivity contribution in [1.82, 2.24) is 0 Å². The van der Waals surface area contributed by atoms with Crippen LogP contribution in [0.5, 0.6) is 11.5 Å². The van der Waals surface area contributed by atoms with Crippen molar-refractivity contribution in [3.8, 4) is 11.5 Å². The molecule has 2 aromatic rings. The van der Waals surface area contributed by atoms with Crippen LogP contribution >= 0.6 is 0 Å². The standard InChI is InChI=1S/C21H24O6/c1-7-11(2)20(23)26-17-9-13-15(27-21(17,4)5)10-16-18(19(13)24-6)14(22)8-12(3)25-16/h7-8,10,17H,9H2,1-6H3/t17-/m1/s1. The fraction of sp³-hybridized carbons (Fsp3) is 0.429. The van der Waals surface area contributed by atoms with Crippen LogP contribution in [0.1, 0.15) is 39.0 Å². The molecule has 1 aromatic heterocycles. The van der Waals surface area contributed by atoms with Gasteiger partial charge in [-0.15, -0.1) is 0 Å². The summed E-state index contributed by atoms with van der Waals surface area (Å²) in [7, 11) is 1.50. The van der Waals surface area contributed by atoms with E-state index < -0.39 is 17.7 Å². The lowest BCUT2D eigenvalue weighted by molar-refractivity contribution is -0.156. The second kappa shape index (κ2) is 6.76. The quantitative estimate of drug-likeness (QED) is 0.604. The highest BCUT2D eigenvalue weighted by Gasteiger charge is 2.42. The Labute approximate surface area is 157 Å². The maximum Gasteiger partial charge on any atom is 0.333 e. The summed E-state index contributed by atoms with van der Waals surface area (Å²) in [5, 5.41) is 0.361. The summed E-state index contributed by atoms with van der Waals surface area (Å²) in [6.45, 7) is 8.93. The number of carbonyl (C=O) groups excluding carboxylic acids is 1. The highest BCUT2D eigenvalue weighted by atomic mass is 16.6. The molecule has 0 bridgehead atoms. The molecule has 1 atom stereocenters. The van der Waals surface area contributed by atoms with E-state index in [0.29, 0.717) is 45.8 Å². The van der Waals surface area contributed by atoms with Gasteiger partial charge in [0, 0.05) is 29.7 Å². The van der Waals surface area contributed by atoms with Gasteiger partial charge in [-0.1, -0.05) is 6.08 Å². The molecule has 0 aliphatic carbocycles. The average Bonchev–Trinajstić information content (AvgIpc) is 2.59. The Morgan fingerprint density at radius 1 is 1.33 bits per heavy atom. The zero-order valence-corrected chi connectivity index (χ0v) is 16.5. The van der Waals surface area contributed by atoms with Crippen LogP contribution in [0, 0.1) is 6.92 Å². The number of hydrogen-bond donors (Lipinski definition) is 0. The Kier molecular flexibility index (Phi) is 4.76. The number of rotatable bonds is 3. The maximum atomic E-state index is 12.5. The van der Waals surface area contributed by atoms with Crippen molar-refractivity contribution in [3.63, 3.8) is 0 Å². The Morgan fingerprint density at radius 2 is 2.04 bits per heavy atom. The third-order valence-corrected chi connectivity index (χ3v) is 4.91. The molecule has 27 heavy (non-hydrogen) atoms. The summed E-state index contributed by atoms with van der Waals surface area (Å²) in [6.07, 6.45) is 1.54. The molecule has 6 nitrogen and oxygen atoms in total. The normalized spacial score (nSPS) is 18.6. The largest absolute Gasteiger partial charge is 0.495 e. The van der Waals surface area contributed by atoms with Gasteiger partial charge in [-0.25, -0.2) is 4.79 Å². The molecule has 1 aliphatic rings. The average molecular weight is 372 g/mol. The first-order valence-corrected chi connectivity index (χ1v) is 8.85. The van der Waals surface area contributed by atoms with Crippen LogP contribution in [0.15, 0.2) is 33.0 Å². The summed E-state index contributed by atoms with van der Waals surface area (Å²) >= 11 is 0. The summed E-state index contributed by atoms with van der Waals surface area (Å²) in [5.41, 5.74) is 0.692. The SMILES string of the molecule is CC=C(C)C(=O)O[C@@H]1Cc2c(cc3oc(C)cc(=O)c3c2OC)OC1(C)C. The molecule has 0 amide bonds. The number of methoxy groups -OCH3 is 1. The molecule has 0 radical (unpaired) electrons. The van der Waals surface area contributed by atoms with Crippen molar-refractivity contribution in [2.75, 3.05) is 7.11 Å². The lowest BCUT2D eigenvalue weighted by Crippen LogP contribution is -2.49. The highest BCUT2D eigenvalue weighted by molar-refractivity contribution is 5.89. The first kappa shape index (κ1) is 19.0. The molecule has 3 rings (SSSR count). The van der Waals surface area contributed by atoms with E-state index in [1.165, 1.54) is 13.2 Å². The lowest BCUT2D eigenvalue weighted by atomic mass is 9.89. The van der Waals surface area contributed by atoms with Gasteiger partial charge in [-0.3, -0.25) is 4.79 Å². The Hall–Kier alpha value is -2.76. The van der Waals surface area contributed by atoms with Crippen LogP contribution in [0.25, 0.3) is 11.0 Å². The van der Waals surface area contributed by atoms with Crippen molar-refractivity contribution < 1.29 is 23.4 Å². The summed E-state index contributed by atoms with van der Waals surface area (Å²) in [5.74, 6) is 1.08. The molecule has 0 saturated heterocycles. The first-order valence-electron chi connectivity index (χ1n) is 8.85. The van der Waals surface area contributed by atoms with E-state index in [1.807, 2.05) is 13.8 Å². The van der Waals surface area contributed by atoms with Gasteiger partial charge in [0.05, 0.1) is 7.11 Å². The minimum atomic E-state index is -0.751. The minimum Gasteiger partial charge on any atom is -0.495 e. The van der Waals surface area contributed by atoms with Crippen LogP contribution in [0.2, 0.25) is 0 Å². The first-order chi connectivity index (χ1) is 12.7. The van der Waals surface area contributed by atoms with Crippen LogP contribution < -0.4 is 14.9 Å². The minimum absolute atomic E-state index is 0.184. The lowest BCUT2D eigenvalue weighted by Gasteiger charge is -2.39. The molecule has 1 aliphatic heterocycles. The molecular weight excluding hydrogens is 348 g/mol. The number of ether oxygens (including phenoxy) is 3. The van der Waals surface area contributed by atoms with E-state index in [2.05, 4.69) is 0 Å². The van der Waals surface area contributed by atoms with Crippen molar-refractivity contribution in [2.24, 2.45) is 0 Å². The molecule has 0 spiro atoms. The fourth-order valence-electron chi connectivity index (χ4n) is 3.24. The third kappa shape index (κ3) is 3.31. The van der Waals surface area contributed by atoms with E-state index in [1.54, 1.807) is 32.9 Å². The number of benzene rings is 1. The molecule has 0 saturated carbocycles. The fourth-order valence-corrected chi connectivity index (χ4v) is 3.24. The van der Waals surface area contributed by atoms with Crippen molar-refractivity contribution in [2.45, 2.75) is 52.7 Å². The van der Waals surface area contributed by atoms with Crippen LogP contribution in [-0.4, -0.2) is 24.8 Å². The van der Waals surface area contributed by atoms with E-state index in [9.17, 15) is 9.59 Å². The number of aryl methyl sites for hydroxylation is 1. The van der Waals surface area contributed by atoms with Crippen molar-refractivity contribution >= 4 is 16.9 Å². The van der Waals surface area contributed by atoms with Gasteiger partial charge in [0.2, 0.25) is 0 Å². The zero-order chi connectivity index (χ0) is 19.9. The van der Waals surface area contributed by atoms with Gasteiger partial charge in [-0.05, 0) is 34.6 Å². The molecule has 144 valence electrons. The van der Waals surface area contributed by atoms with Gasteiger partial charge in [-0.2, -0.15) is 0 Å². The second-order valence-electron chi connectivity index (χ2n) is 7.26. The number of esters is 1. The van der Waals surface area contributed by atoms with E-state index >= 15 is 0 Å². The third-order valence-electron chi connectivity index (χ3n) is 4.91. The number of hydrogen-bond acceptors (Lipinski definition) is 6. The Balaban J connectivity index is 2.14. The topological polar surface area (TPSA) is 75.0 Å². The van der Waals surface area contributed by atoms with Gasteiger partial charge in [0.15, 0.2) is 5.43 Å². The van der Waals surface area contributed by atoms with Crippen LogP contribution in [0.4, 0.5) is 0 Å². The van der Waals surface area contributed by atoms with Crippen molar-refractivity contribution in [1.29, 1.82) is 0 Å². The van der Waals surface area contributed by atoms with E-state index in [4.69, 9.17) is 18.6 Å². The summed E-state index contributed by atoms with van der Waals surface area (Å²) < 4.78 is 23.1.